The molecule has 0 aliphatic carbocycles. The Hall–Kier alpha value is -2.80. The molecule has 0 saturated carbocycles. The van der Waals surface area contributed by atoms with Crippen LogP contribution in [0.3, 0.4) is 0 Å². The smallest absolute Gasteiger partial charge is 0.270 e. The van der Waals surface area contributed by atoms with Gasteiger partial charge >= 0.3 is 0 Å². The van der Waals surface area contributed by atoms with E-state index in [9.17, 15) is 13.6 Å². The molecule has 0 aliphatic rings. The zero-order valence-corrected chi connectivity index (χ0v) is 14.2. The topological polar surface area (TPSA) is 49.8 Å². The molecule has 4 nitrogen and oxygen atoms in total. The van der Waals surface area contributed by atoms with Gasteiger partial charge in [0.2, 0.25) is 0 Å². The summed E-state index contributed by atoms with van der Waals surface area (Å²) < 4.78 is 28.5. The van der Waals surface area contributed by atoms with Gasteiger partial charge in [-0.2, -0.15) is 0 Å². The normalized spacial score (nSPS) is 10.7. The fourth-order valence-electron chi connectivity index (χ4n) is 2.40. The van der Waals surface area contributed by atoms with Gasteiger partial charge in [-0.05, 0) is 60.6 Å². The van der Waals surface area contributed by atoms with E-state index in [0.717, 1.165) is 0 Å². The Morgan fingerprint density at radius 1 is 1.20 bits per heavy atom. The lowest BCUT2D eigenvalue weighted by molar-refractivity contribution is 0.0944. The van der Waals surface area contributed by atoms with Gasteiger partial charge in [0.05, 0.1) is 0 Å². The van der Waals surface area contributed by atoms with Crippen LogP contribution in [0.4, 0.5) is 8.78 Å². The van der Waals surface area contributed by atoms with Crippen LogP contribution in [0.5, 0.6) is 0 Å². The minimum atomic E-state index is -0.377. The van der Waals surface area contributed by atoms with Crippen molar-refractivity contribution in [3.05, 3.63) is 81.9 Å². The van der Waals surface area contributed by atoms with Gasteiger partial charge in [-0.15, -0.1) is 0 Å². The summed E-state index contributed by atoms with van der Waals surface area (Å²) in [6.07, 6.45) is 1.48. The molecule has 2 aromatic carbocycles. The Morgan fingerprint density at radius 3 is 2.60 bits per heavy atom. The Morgan fingerprint density at radius 2 is 1.92 bits per heavy atom. The third-order valence-electron chi connectivity index (χ3n) is 3.78. The van der Waals surface area contributed by atoms with Gasteiger partial charge < -0.3 is 10.3 Å². The summed E-state index contributed by atoms with van der Waals surface area (Å²) in [4.78, 5) is 15.3. The molecule has 128 valence electrons. The largest absolute Gasteiger partial charge is 0.347 e. The highest BCUT2D eigenvalue weighted by Gasteiger charge is 2.14. The summed E-state index contributed by atoms with van der Waals surface area (Å²) in [5, 5.41) is 2.73. The number of benzene rings is 2. The quantitative estimate of drug-likeness (QED) is 0.691. The molecule has 3 rings (SSSR count). The van der Waals surface area contributed by atoms with Crippen molar-refractivity contribution in [3.63, 3.8) is 0 Å². The molecule has 7 heteroatoms. The first kappa shape index (κ1) is 17.0. The maximum Gasteiger partial charge on any atom is 0.270 e. The van der Waals surface area contributed by atoms with E-state index in [1.165, 1.54) is 41.1 Å². The molecule has 1 aromatic heterocycles. The number of aromatic amines is 1. The van der Waals surface area contributed by atoms with Crippen LogP contribution < -0.4 is 5.32 Å². The second kappa shape index (κ2) is 6.98. The third kappa shape index (κ3) is 3.66. The van der Waals surface area contributed by atoms with Crippen molar-refractivity contribution in [2.24, 2.45) is 0 Å². The maximum absolute atomic E-state index is 13.6. The number of aromatic nitrogens is 2. The second-order valence-corrected chi connectivity index (χ2v) is 5.94. The van der Waals surface area contributed by atoms with Crippen LogP contribution in [0.1, 0.15) is 21.6 Å². The second-order valence-electron chi connectivity index (χ2n) is 5.56. The summed E-state index contributed by atoms with van der Waals surface area (Å²) >= 11 is 5.20. The SMILES string of the molecule is Cc1ccc(CNC(=O)c2c[nH]c(=S)n2-c2ccc(F)cc2)cc1F. The minimum absolute atomic E-state index is 0.178. The van der Waals surface area contributed by atoms with Crippen LogP contribution in [-0.4, -0.2) is 15.5 Å². The number of carbonyl (C=O) groups is 1. The highest BCUT2D eigenvalue weighted by atomic mass is 32.1. The molecule has 0 unspecified atom stereocenters. The minimum Gasteiger partial charge on any atom is -0.347 e. The van der Waals surface area contributed by atoms with E-state index in [-0.39, 0.29) is 29.8 Å². The molecule has 0 saturated heterocycles. The zero-order chi connectivity index (χ0) is 18.0. The van der Waals surface area contributed by atoms with E-state index >= 15 is 0 Å². The number of nitrogens with one attached hydrogen (secondary N) is 2. The lowest BCUT2D eigenvalue weighted by Gasteiger charge is -2.10. The van der Waals surface area contributed by atoms with Crippen LogP contribution in [0.25, 0.3) is 5.69 Å². The van der Waals surface area contributed by atoms with Gasteiger partial charge in [0.1, 0.15) is 17.3 Å². The van der Waals surface area contributed by atoms with E-state index in [4.69, 9.17) is 12.2 Å². The molecule has 0 spiro atoms. The first-order valence-electron chi connectivity index (χ1n) is 7.55. The molecule has 25 heavy (non-hydrogen) atoms. The summed E-state index contributed by atoms with van der Waals surface area (Å²) in [6.45, 7) is 1.85. The van der Waals surface area contributed by atoms with Crippen LogP contribution in [0, 0.1) is 23.3 Å². The van der Waals surface area contributed by atoms with Gasteiger partial charge in [0.25, 0.3) is 5.91 Å². The van der Waals surface area contributed by atoms with Crippen LogP contribution in [0.2, 0.25) is 0 Å². The molecule has 0 fully saturated rings. The summed E-state index contributed by atoms with van der Waals surface area (Å²) in [5.74, 6) is -1.07. The van der Waals surface area contributed by atoms with E-state index in [2.05, 4.69) is 10.3 Å². The van der Waals surface area contributed by atoms with E-state index in [1.807, 2.05) is 0 Å². The number of hydrogen-bond donors (Lipinski definition) is 2. The summed E-state index contributed by atoms with van der Waals surface area (Å²) in [6, 6.07) is 10.5. The van der Waals surface area contributed by atoms with Gasteiger partial charge in [-0.1, -0.05) is 12.1 Å². The molecule has 2 N–H and O–H groups in total. The summed E-state index contributed by atoms with van der Waals surface area (Å²) in [7, 11) is 0. The number of nitrogens with zero attached hydrogens (tertiary/aromatic N) is 1. The number of hydrogen-bond acceptors (Lipinski definition) is 2. The predicted octanol–water partition coefficient (Wildman–Crippen LogP) is 4.05. The molecule has 3 aromatic rings. The third-order valence-corrected chi connectivity index (χ3v) is 4.08. The van der Waals surface area contributed by atoms with Crippen molar-refractivity contribution >= 4 is 18.1 Å². The van der Waals surface area contributed by atoms with Crippen molar-refractivity contribution in [2.75, 3.05) is 0 Å². The molecular weight excluding hydrogens is 344 g/mol. The predicted molar refractivity (Wildman–Crippen MR) is 93.2 cm³/mol. The van der Waals surface area contributed by atoms with Gasteiger partial charge in [-0.3, -0.25) is 9.36 Å². The van der Waals surface area contributed by atoms with E-state index < -0.39 is 0 Å². The van der Waals surface area contributed by atoms with Gasteiger partial charge in [-0.25, -0.2) is 8.78 Å². The Kier molecular flexibility index (Phi) is 4.76. The maximum atomic E-state index is 13.6. The van der Waals surface area contributed by atoms with Crippen molar-refractivity contribution in [2.45, 2.75) is 13.5 Å². The number of aryl methyl sites for hydroxylation is 1. The monoisotopic (exact) mass is 359 g/mol. The first-order valence-corrected chi connectivity index (χ1v) is 7.96. The Balaban J connectivity index is 1.82. The Bertz CT molecular complexity index is 977. The average Bonchev–Trinajstić information content (AvgIpc) is 2.98. The molecule has 0 aliphatic heterocycles. The number of rotatable bonds is 4. The number of H-pyrrole nitrogens is 1. The standard InChI is InChI=1S/C18H15F2N3OS/c1-11-2-3-12(8-15(11)20)9-21-17(24)16-10-22-18(25)23(16)14-6-4-13(19)5-7-14/h2-8,10H,9H2,1H3,(H,21,24)(H,22,25). The van der Waals surface area contributed by atoms with Crippen LogP contribution in [-0.2, 0) is 6.54 Å². The van der Waals surface area contributed by atoms with Gasteiger partial charge in [0, 0.05) is 18.4 Å². The van der Waals surface area contributed by atoms with Crippen molar-refractivity contribution in [3.8, 4) is 5.69 Å². The van der Waals surface area contributed by atoms with Crippen molar-refractivity contribution in [1.82, 2.24) is 14.9 Å². The fourth-order valence-corrected chi connectivity index (χ4v) is 2.66. The highest BCUT2D eigenvalue weighted by Crippen LogP contribution is 2.14. The lowest BCUT2D eigenvalue weighted by atomic mass is 10.1. The number of imidazole rings is 1. The van der Waals surface area contributed by atoms with Gasteiger partial charge in [0.15, 0.2) is 4.77 Å². The van der Waals surface area contributed by atoms with Crippen LogP contribution in [0.15, 0.2) is 48.7 Å². The van der Waals surface area contributed by atoms with Crippen molar-refractivity contribution in [1.29, 1.82) is 0 Å². The van der Waals surface area contributed by atoms with E-state index in [1.54, 1.807) is 19.1 Å². The molecule has 0 radical (unpaired) electrons. The first-order chi connectivity index (χ1) is 12.0. The Labute approximate surface area is 148 Å². The number of halogens is 2. The molecule has 0 atom stereocenters. The molecule has 1 heterocycles. The molecular formula is C18H15F2N3OS. The average molecular weight is 359 g/mol. The van der Waals surface area contributed by atoms with Crippen LogP contribution >= 0.6 is 12.2 Å². The summed E-state index contributed by atoms with van der Waals surface area (Å²) in [5.41, 5.74) is 2.05. The fraction of sp³-hybridized carbons (Fsp3) is 0.111. The number of amides is 1. The molecule has 0 bridgehead atoms. The number of carbonyl (C=O) groups excluding carboxylic acids is 1. The lowest BCUT2D eigenvalue weighted by Crippen LogP contribution is -2.25. The van der Waals surface area contributed by atoms with E-state index in [0.29, 0.717) is 21.6 Å². The highest BCUT2D eigenvalue weighted by molar-refractivity contribution is 7.71. The molecule has 1 amide bonds. The zero-order valence-electron chi connectivity index (χ0n) is 13.3. The van der Waals surface area contributed by atoms with Crippen molar-refractivity contribution < 1.29 is 13.6 Å².